The molecule has 0 rings (SSSR count). The topological polar surface area (TPSA) is 120 Å². The van der Waals surface area contributed by atoms with Gasteiger partial charge in [-0.25, -0.2) is 0 Å². The Morgan fingerprint density at radius 3 is 1.28 bits per heavy atom. The number of hydrogen-bond donors (Lipinski definition) is 2. The number of carbonyl (C=O) groups excluding carboxylic acids is 4. The average molecular weight is 252 g/mol. The van der Waals surface area contributed by atoms with Gasteiger partial charge in [-0.05, 0) is 13.8 Å². The highest BCUT2D eigenvalue weighted by Crippen LogP contribution is 2.00. The van der Waals surface area contributed by atoms with Gasteiger partial charge in [0, 0.05) is 12.2 Å². The molecule has 0 atom stereocenters. The molecular formula is C12H16N2O4. The van der Waals surface area contributed by atoms with Crippen molar-refractivity contribution in [2.24, 2.45) is 11.5 Å². The third-order valence-corrected chi connectivity index (χ3v) is 1.81. The Hall–Kier alpha value is -2.24. The molecule has 0 unspecified atom stereocenters. The zero-order valence-electron chi connectivity index (χ0n) is 10.4. The maximum absolute atomic E-state index is 11.2. The van der Waals surface area contributed by atoms with Gasteiger partial charge in [-0.15, -0.1) is 0 Å². The highest BCUT2D eigenvalue weighted by atomic mass is 16.2. The molecule has 98 valence electrons. The van der Waals surface area contributed by atoms with Crippen molar-refractivity contribution in [2.45, 2.75) is 26.7 Å². The molecule has 0 spiro atoms. The molecule has 0 aliphatic carbocycles. The summed E-state index contributed by atoms with van der Waals surface area (Å²) in [6, 6.07) is 0. The van der Waals surface area contributed by atoms with Gasteiger partial charge < -0.3 is 11.5 Å². The lowest BCUT2D eigenvalue weighted by Gasteiger charge is -2.01. The van der Waals surface area contributed by atoms with E-state index < -0.39 is 11.6 Å². The largest absolute Gasteiger partial charge is 0.397 e. The van der Waals surface area contributed by atoms with Gasteiger partial charge in [0.1, 0.15) is 11.6 Å². The summed E-state index contributed by atoms with van der Waals surface area (Å²) in [4.78, 5) is 43.8. The van der Waals surface area contributed by atoms with Crippen molar-refractivity contribution in [1.29, 1.82) is 0 Å². The van der Waals surface area contributed by atoms with Crippen molar-refractivity contribution in [3.05, 3.63) is 23.5 Å². The monoisotopic (exact) mass is 252 g/mol. The van der Waals surface area contributed by atoms with Crippen LogP contribution in [0.2, 0.25) is 0 Å². The Kier molecular flexibility index (Phi) is 6.27. The molecule has 0 aromatic heterocycles. The summed E-state index contributed by atoms with van der Waals surface area (Å²) in [7, 11) is 0. The van der Waals surface area contributed by atoms with E-state index in [1.165, 1.54) is 13.8 Å². The minimum Gasteiger partial charge on any atom is -0.397 e. The van der Waals surface area contributed by atoms with Gasteiger partial charge >= 0.3 is 0 Å². The van der Waals surface area contributed by atoms with Crippen LogP contribution < -0.4 is 11.5 Å². The third-order valence-electron chi connectivity index (χ3n) is 1.81. The molecule has 0 aliphatic heterocycles. The third kappa shape index (κ3) is 7.10. The molecular weight excluding hydrogens is 236 g/mol. The van der Waals surface area contributed by atoms with Crippen molar-refractivity contribution in [3.8, 4) is 0 Å². The zero-order chi connectivity index (χ0) is 14.3. The van der Waals surface area contributed by atoms with E-state index in [2.05, 4.69) is 0 Å². The van der Waals surface area contributed by atoms with Gasteiger partial charge in [0.2, 0.25) is 0 Å². The number of ketones is 4. The molecule has 0 heterocycles. The average Bonchev–Trinajstić information content (AvgIpc) is 2.13. The first-order chi connectivity index (χ1) is 8.22. The molecule has 0 fully saturated rings. The second-order valence-corrected chi connectivity index (χ2v) is 3.89. The fraction of sp³-hybridized carbons (Fsp3) is 0.333. The molecule has 0 aliphatic rings. The highest BCUT2D eigenvalue weighted by Gasteiger charge is 2.07. The predicted octanol–water partition coefficient (Wildman–Crippen LogP) is -0.232. The van der Waals surface area contributed by atoms with E-state index in [9.17, 15) is 19.2 Å². The Morgan fingerprint density at radius 1 is 0.778 bits per heavy atom. The van der Waals surface area contributed by atoms with Gasteiger partial charge in [-0.3, -0.25) is 19.2 Å². The molecule has 0 saturated carbocycles. The van der Waals surface area contributed by atoms with Gasteiger partial charge in [-0.1, -0.05) is 0 Å². The zero-order valence-corrected chi connectivity index (χ0v) is 10.4. The number of allylic oxidation sites excluding steroid dienone is 2. The van der Waals surface area contributed by atoms with Crippen molar-refractivity contribution in [3.63, 3.8) is 0 Å². The molecule has 0 bridgehead atoms. The molecule has 18 heavy (non-hydrogen) atoms. The van der Waals surface area contributed by atoms with Gasteiger partial charge in [0.05, 0.1) is 24.2 Å². The fourth-order valence-corrected chi connectivity index (χ4v) is 1.11. The number of hydrogen-bond acceptors (Lipinski definition) is 6. The van der Waals surface area contributed by atoms with E-state index in [1.54, 1.807) is 0 Å². The van der Waals surface area contributed by atoms with Crippen LogP contribution in [0.5, 0.6) is 0 Å². The number of rotatable bonds is 7. The lowest BCUT2D eigenvalue weighted by Crippen LogP contribution is -2.14. The van der Waals surface area contributed by atoms with Crippen LogP contribution in [0.4, 0.5) is 0 Å². The van der Waals surface area contributed by atoms with E-state index in [1.807, 2.05) is 0 Å². The first-order valence-electron chi connectivity index (χ1n) is 5.21. The van der Waals surface area contributed by atoms with Crippen molar-refractivity contribution < 1.29 is 19.2 Å². The van der Waals surface area contributed by atoms with Crippen molar-refractivity contribution in [2.75, 3.05) is 0 Å². The van der Waals surface area contributed by atoms with E-state index in [0.717, 1.165) is 12.2 Å². The summed E-state index contributed by atoms with van der Waals surface area (Å²) >= 11 is 0. The molecule has 6 nitrogen and oxygen atoms in total. The molecule has 4 N–H and O–H groups in total. The maximum Gasteiger partial charge on any atom is 0.165 e. The minimum atomic E-state index is -0.490. The summed E-state index contributed by atoms with van der Waals surface area (Å²) < 4.78 is 0. The SMILES string of the molecule is CC(=O)CC(=O)C=C(N)C(N)=CC(=O)CC(C)=O. The Balaban J connectivity index is 4.72. The molecule has 0 saturated heterocycles. The van der Waals surface area contributed by atoms with Crippen LogP contribution in [0.25, 0.3) is 0 Å². The van der Waals surface area contributed by atoms with Gasteiger partial charge in [0.25, 0.3) is 0 Å². The smallest absolute Gasteiger partial charge is 0.165 e. The van der Waals surface area contributed by atoms with Crippen LogP contribution in [0.3, 0.4) is 0 Å². The molecule has 0 aromatic rings. The summed E-state index contributed by atoms with van der Waals surface area (Å²) in [5, 5.41) is 0. The highest BCUT2D eigenvalue weighted by molar-refractivity contribution is 6.05. The molecule has 6 heteroatoms. The van der Waals surface area contributed by atoms with E-state index in [-0.39, 0.29) is 35.8 Å². The van der Waals surface area contributed by atoms with Crippen LogP contribution >= 0.6 is 0 Å². The number of carbonyl (C=O) groups is 4. The maximum atomic E-state index is 11.2. The lowest BCUT2D eigenvalue weighted by molar-refractivity contribution is -0.125. The van der Waals surface area contributed by atoms with E-state index >= 15 is 0 Å². The molecule has 0 amide bonds. The van der Waals surface area contributed by atoms with Crippen molar-refractivity contribution in [1.82, 2.24) is 0 Å². The van der Waals surface area contributed by atoms with E-state index in [4.69, 9.17) is 11.5 Å². The minimum absolute atomic E-state index is 0.0989. The first kappa shape index (κ1) is 15.8. The first-order valence-corrected chi connectivity index (χ1v) is 5.21. The second kappa shape index (κ2) is 7.16. The quantitative estimate of drug-likeness (QED) is 0.367. The second-order valence-electron chi connectivity index (χ2n) is 3.89. The van der Waals surface area contributed by atoms with Crippen LogP contribution in [-0.2, 0) is 19.2 Å². The van der Waals surface area contributed by atoms with Gasteiger partial charge in [-0.2, -0.15) is 0 Å². The van der Waals surface area contributed by atoms with Gasteiger partial charge in [0.15, 0.2) is 11.6 Å². The van der Waals surface area contributed by atoms with Crippen LogP contribution in [0.1, 0.15) is 26.7 Å². The summed E-state index contributed by atoms with van der Waals surface area (Å²) in [5.74, 6) is -1.57. The normalized spacial score (nSPS) is 12.1. The molecule has 0 aromatic carbocycles. The number of Topliss-reactive ketones (excluding diaryl/α,β-unsaturated/α-hetero) is 2. The summed E-state index contributed by atoms with van der Waals surface area (Å²) in [6.07, 6.45) is 1.45. The predicted molar refractivity (Wildman–Crippen MR) is 65.2 cm³/mol. The van der Waals surface area contributed by atoms with E-state index in [0.29, 0.717) is 0 Å². The lowest BCUT2D eigenvalue weighted by atomic mass is 10.1. The standard InChI is InChI=1S/C12H16N2O4/c1-7(15)3-9(17)5-11(13)12(14)6-10(18)4-8(2)16/h5-6H,3-4,13-14H2,1-2H3. The Labute approximate surface area is 105 Å². The van der Waals surface area contributed by atoms with Crippen LogP contribution in [-0.4, -0.2) is 23.1 Å². The number of nitrogens with two attached hydrogens (primary N) is 2. The Bertz CT molecular complexity index is 405. The molecule has 0 radical (unpaired) electrons. The van der Waals surface area contributed by atoms with Crippen LogP contribution in [0.15, 0.2) is 23.5 Å². The van der Waals surface area contributed by atoms with Crippen molar-refractivity contribution >= 4 is 23.1 Å². The fourth-order valence-electron chi connectivity index (χ4n) is 1.11. The summed E-state index contributed by atoms with van der Waals surface area (Å²) in [6.45, 7) is 2.55. The van der Waals surface area contributed by atoms with Crippen LogP contribution in [0, 0.1) is 0 Å². The summed E-state index contributed by atoms with van der Waals surface area (Å²) in [5.41, 5.74) is 10.7. The Morgan fingerprint density at radius 2 is 1.06 bits per heavy atom.